The third-order valence-corrected chi connectivity index (χ3v) is 4.13. The van der Waals surface area contributed by atoms with Crippen LogP contribution in [0.25, 0.3) is 12.2 Å². The second-order valence-electron chi connectivity index (χ2n) is 5.94. The molecule has 0 aromatic heterocycles. The van der Waals surface area contributed by atoms with Crippen LogP contribution in [0, 0.1) is 0 Å². The number of hydrogen-bond acceptors (Lipinski definition) is 1. The molecule has 0 heterocycles. The first kappa shape index (κ1) is 17.8. The van der Waals surface area contributed by atoms with Gasteiger partial charge in [0.2, 0.25) is 0 Å². The molecule has 132 valence electrons. The first-order valence-electron chi connectivity index (χ1n) is 8.18. The van der Waals surface area contributed by atoms with E-state index in [1.807, 2.05) is 78.7 Å². The monoisotopic (exact) mass is 353 g/mol. The molecule has 0 N–H and O–H groups in total. The fourth-order valence-corrected chi connectivity index (χ4v) is 2.59. The van der Waals surface area contributed by atoms with Crippen molar-refractivity contribution in [3.05, 3.63) is 95.6 Å². The number of nitrogens with zero attached hydrogens (tertiary/aromatic N) is 1. The lowest BCUT2D eigenvalue weighted by Crippen LogP contribution is -2.10. The first-order chi connectivity index (χ1) is 12.4. The fraction of sp³-hybridized carbons (Fsp3) is 0.0909. The molecule has 0 aliphatic rings. The lowest BCUT2D eigenvalue weighted by molar-refractivity contribution is -0.137. The highest BCUT2D eigenvalue weighted by atomic mass is 19.4. The van der Waals surface area contributed by atoms with Gasteiger partial charge in [-0.05, 0) is 47.5 Å². The van der Waals surface area contributed by atoms with Crippen LogP contribution in [-0.2, 0) is 6.18 Å². The lowest BCUT2D eigenvalue weighted by atomic mass is 10.1. The van der Waals surface area contributed by atoms with Gasteiger partial charge in [0.25, 0.3) is 0 Å². The van der Waals surface area contributed by atoms with E-state index in [0.29, 0.717) is 5.69 Å². The quantitative estimate of drug-likeness (QED) is 0.475. The van der Waals surface area contributed by atoms with Crippen LogP contribution in [0.3, 0.4) is 0 Å². The van der Waals surface area contributed by atoms with Crippen LogP contribution in [0.5, 0.6) is 0 Å². The van der Waals surface area contributed by atoms with Crippen LogP contribution in [0.1, 0.15) is 16.7 Å². The summed E-state index contributed by atoms with van der Waals surface area (Å²) in [5, 5.41) is 0. The summed E-state index contributed by atoms with van der Waals surface area (Å²) in [6.45, 7) is 0. The highest BCUT2D eigenvalue weighted by molar-refractivity contribution is 5.71. The minimum atomic E-state index is -4.32. The standard InChI is InChI=1S/C22H18F3N/c1-26(21-15-11-19(12-16-21)22(23,24)25)20-13-9-18(10-14-20)8-7-17-5-3-2-4-6-17/h2-16H,1H3/b8-7+. The minimum absolute atomic E-state index is 0.643. The van der Waals surface area contributed by atoms with Crippen molar-refractivity contribution in [2.24, 2.45) is 0 Å². The summed E-state index contributed by atoms with van der Waals surface area (Å²) in [5.74, 6) is 0. The van der Waals surface area contributed by atoms with Gasteiger partial charge in [-0.3, -0.25) is 0 Å². The highest BCUT2D eigenvalue weighted by Gasteiger charge is 2.30. The third kappa shape index (κ3) is 4.33. The first-order valence-corrected chi connectivity index (χ1v) is 8.18. The van der Waals surface area contributed by atoms with Crippen molar-refractivity contribution >= 4 is 23.5 Å². The Labute approximate surface area is 151 Å². The average Bonchev–Trinajstić information content (AvgIpc) is 2.66. The van der Waals surface area contributed by atoms with Crippen LogP contribution in [-0.4, -0.2) is 7.05 Å². The third-order valence-electron chi connectivity index (χ3n) is 4.13. The van der Waals surface area contributed by atoms with E-state index in [1.54, 1.807) is 0 Å². The lowest BCUT2D eigenvalue weighted by Gasteiger charge is -2.20. The normalized spacial score (nSPS) is 11.7. The molecular formula is C22H18F3N. The molecule has 1 nitrogen and oxygen atoms in total. The maximum Gasteiger partial charge on any atom is 0.416 e. The molecule has 3 aromatic carbocycles. The minimum Gasteiger partial charge on any atom is -0.345 e. The molecule has 0 amide bonds. The number of hydrogen-bond donors (Lipinski definition) is 0. The van der Waals surface area contributed by atoms with Crippen molar-refractivity contribution in [3.8, 4) is 0 Å². The average molecular weight is 353 g/mol. The topological polar surface area (TPSA) is 3.24 Å². The van der Waals surface area contributed by atoms with Crippen molar-refractivity contribution in [3.63, 3.8) is 0 Å². The van der Waals surface area contributed by atoms with E-state index in [-0.39, 0.29) is 0 Å². The molecular weight excluding hydrogens is 335 g/mol. The van der Waals surface area contributed by atoms with Gasteiger partial charge in [0.15, 0.2) is 0 Å². The Kier molecular flexibility index (Phi) is 5.12. The number of anilines is 2. The predicted octanol–water partition coefficient (Wildman–Crippen LogP) is 6.64. The second kappa shape index (κ2) is 7.48. The van der Waals surface area contributed by atoms with Crippen LogP contribution in [0.4, 0.5) is 24.5 Å². The van der Waals surface area contributed by atoms with E-state index in [2.05, 4.69) is 0 Å². The number of halogens is 3. The van der Waals surface area contributed by atoms with Crippen LogP contribution in [0.2, 0.25) is 0 Å². The Morgan fingerprint density at radius 3 is 1.62 bits per heavy atom. The predicted molar refractivity (Wildman–Crippen MR) is 101 cm³/mol. The van der Waals surface area contributed by atoms with E-state index in [4.69, 9.17) is 0 Å². The number of alkyl halides is 3. The van der Waals surface area contributed by atoms with Crippen LogP contribution < -0.4 is 4.90 Å². The zero-order valence-corrected chi connectivity index (χ0v) is 14.2. The molecule has 0 spiro atoms. The van der Waals surface area contributed by atoms with Gasteiger partial charge >= 0.3 is 6.18 Å². The molecule has 0 saturated heterocycles. The smallest absolute Gasteiger partial charge is 0.345 e. The van der Waals surface area contributed by atoms with E-state index >= 15 is 0 Å². The van der Waals surface area contributed by atoms with Crippen LogP contribution in [0.15, 0.2) is 78.9 Å². The highest BCUT2D eigenvalue weighted by Crippen LogP contribution is 2.31. The zero-order chi connectivity index (χ0) is 18.6. The Morgan fingerprint density at radius 1 is 0.654 bits per heavy atom. The maximum absolute atomic E-state index is 12.7. The molecule has 3 aromatic rings. The van der Waals surface area contributed by atoms with Crippen molar-refractivity contribution in [2.45, 2.75) is 6.18 Å². The molecule has 0 fully saturated rings. The van der Waals surface area contributed by atoms with Gasteiger partial charge in [-0.2, -0.15) is 13.2 Å². The van der Waals surface area contributed by atoms with Gasteiger partial charge in [-0.1, -0.05) is 54.6 Å². The second-order valence-corrected chi connectivity index (χ2v) is 5.94. The van der Waals surface area contributed by atoms with E-state index in [1.165, 1.54) is 12.1 Å². The SMILES string of the molecule is CN(c1ccc(/C=C/c2ccccc2)cc1)c1ccc(C(F)(F)F)cc1. The molecule has 0 radical (unpaired) electrons. The molecule has 3 rings (SSSR count). The van der Waals surface area contributed by atoms with Gasteiger partial charge in [0, 0.05) is 18.4 Å². The van der Waals surface area contributed by atoms with Crippen LogP contribution >= 0.6 is 0 Å². The molecule has 0 aliphatic heterocycles. The molecule has 4 heteroatoms. The molecule has 0 bridgehead atoms. The Bertz CT molecular complexity index is 864. The van der Waals surface area contributed by atoms with Crippen molar-refractivity contribution in [1.82, 2.24) is 0 Å². The van der Waals surface area contributed by atoms with Gasteiger partial charge in [-0.15, -0.1) is 0 Å². The summed E-state index contributed by atoms with van der Waals surface area (Å²) in [6, 6.07) is 23.0. The van der Waals surface area contributed by atoms with Gasteiger partial charge in [-0.25, -0.2) is 0 Å². The van der Waals surface area contributed by atoms with Crippen molar-refractivity contribution in [1.29, 1.82) is 0 Å². The summed E-state index contributed by atoms with van der Waals surface area (Å²) < 4.78 is 38.0. The summed E-state index contributed by atoms with van der Waals surface area (Å²) in [4.78, 5) is 1.85. The van der Waals surface area contributed by atoms with E-state index in [0.717, 1.165) is 28.9 Å². The number of rotatable bonds is 4. The molecule has 0 unspecified atom stereocenters. The molecule has 0 saturated carbocycles. The zero-order valence-electron chi connectivity index (χ0n) is 14.2. The van der Waals surface area contributed by atoms with E-state index in [9.17, 15) is 13.2 Å². The van der Waals surface area contributed by atoms with E-state index < -0.39 is 11.7 Å². The molecule has 0 atom stereocenters. The van der Waals surface area contributed by atoms with Gasteiger partial charge in [0.05, 0.1) is 5.56 Å². The van der Waals surface area contributed by atoms with Gasteiger partial charge < -0.3 is 4.90 Å². The largest absolute Gasteiger partial charge is 0.416 e. The van der Waals surface area contributed by atoms with Crippen molar-refractivity contribution in [2.75, 3.05) is 11.9 Å². The summed E-state index contributed by atoms with van der Waals surface area (Å²) in [5.41, 5.74) is 3.14. The Morgan fingerprint density at radius 2 is 1.12 bits per heavy atom. The summed E-state index contributed by atoms with van der Waals surface area (Å²) in [6.07, 6.45) is -0.254. The maximum atomic E-state index is 12.7. The molecule has 26 heavy (non-hydrogen) atoms. The van der Waals surface area contributed by atoms with Gasteiger partial charge in [0.1, 0.15) is 0 Å². The number of benzene rings is 3. The summed E-state index contributed by atoms with van der Waals surface area (Å²) in [7, 11) is 1.83. The Balaban J connectivity index is 1.72. The van der Waals surface area contributed by atoms with Crippen molar-refractivity contribution < 1.29 is 13.2 Å². The summed E-state index contributed by atoms with van der Waals surface area (Å²) >= 11 is 0. The molecule has 0 aliphatic carbocycles. The fourth-order valence-electron chi connectivity index (χ4n) is 2.59. The Hall–Kier alpha value is -3.01.